The van der Waals surface area contributed by atoms with Crippen LogP contribution in [0.1, 0.15) is 33.6 Å². The van der Waals surface area contributed by atoms with Gasteiger partial charge < -0.3 is 15.0 Å². The van der Waals surface area contributed by atoms with Crippen molar-refractivity contribution in [1.82, 2.24) is 10.2 Å². The van der Waals surface area contributed by atoms with Crippen molar-refractivity contribution in [2.75, 3.05) is 20.2 Å². The zero-order valence-electron chi connectivity index (χ0n) is 17.6. The number of nitrogens with zero attached hydrogens (tertiary/aromatic N) is 3. The van der Waals surface area contributed by atoms with Gasteiger partial charge in [0, 0.05) is 11.8 Å². The number of hydrogen-bond acceptors (Lipinski definition) is 5. The van der Waals surface area contributed by atoms with Gasteiger partial charge >= 0.3 is 6.09 Å². The Morgan fingerprint density at radius 1 is 1.24 bits per heavy atom. The quantitative estimate of drug-likeness (QED) is 0.723. The highest BCUT2D eigenvalue weighted by atomic mass is 16.5. The van der Waals surface area contributed by atoms with Crippen LogP contribution in [0.5, 0.6) is 0 Å². The van der Waals surface area contributed by atoms with Crippen LogP contribution in [0.25, 0.3) is 12.3 Å². The van der Waals surface area contributed by atoms with Crippen LogP contribution < -0.4 is 15.8 Å². The van der Waals surface area contributed by atoms with Crippen molar-refractivity contribution in [3.63, 3.8) is 0 Å². The van der Waals surface area contributed by atoms with Gasteiger partial charge in [0.2, 0.25) is 5.91 Å². The molecule has 2 amide bonds. The Morgan fingerprint density at radius 2 is 1.93 bits per heavy atom. The predicted octanol–water partition coefficient (Wildman–Crippen LogP) is 1.70. The van der Waals surface area contributed by atoms with Crippen molar-refractivity contribution in [2.24, 2.45) is 15.9 Å². The van der Waals surface area contributed by atoms with Gasteiger partial charge in [0.1, 0.15) is 11.9 Å². The highest BCUT2D eigenvalue weighted by Crippen LogP contribution is 2.11. The van der Waals surface area contributed by atoms with Crippen molar-refractivity contribution in [1.29, 1.82) is 0 Å². The fourth-order valence-corrected chi connectivity index (χ4v) is 2.91. The first-order valence-electron chi connectivity index (χ1n) is 9.90. The maximum atomic E-state index is 13.2. The van der Waals surface area contributed by atoms with Gasteiger partial charge in [-0.25, -0.2) is 14.8 Å². The van der Waals surface area contributed by atoms with Gasteiger partial charge in [0.05, 0.1) is 25.6 Å². The van der Waals surface area contributed by atoms with Crippen LogP contribution in [0.15, 0.2) is 34.3 Å². The van der Waals surface area contributed by atoms with Crippen LogP contribution in [0.3, 0.4) is 0 Å². The van der Waals surface area contributed by atoms with E-state index in [2.05, 4.69) is 33.5 Å². The standard InChI is InChI=1S/C22H30N4O3/c1-6-7-12-26(21(27)20(15(2)3)25-22(28)29-5)14-19-23-13-18(24-19)17-10-8-16(4)9-11-17/h8-11,13,15,20H,4,6-7,12,14H2,1-3,5H3,(H,25,28). The fraction of sp³-hybridized carbons (Fsp3) is 0.455. The number of amidine groups is 1. The summed E-state index contributed by atoms with van der Waals surface area (Å²) in [5.41, 5.74) is 0.760. The third kappa shape index (κ3) is 6.27. The number of rotatable bonds is 8. The number of benzene rings is 1. The third-order valence-electron chi connectivity index (χ3n) is 4.65. The molecule has 7 nitrogen and oxygen atoms in total. The number of hydrogen-bond donors (Lipinski definition) is 1. The second-order valence-electron chi connectivity index (χ2n) is 7.34. The molecular weight excluding hydrogens is 368 g/mol. The maximum absolute atomic E-state index is 13.2. The number of unbranched alkanes of at least 4 members (excludes halogenated alkanes) is 1. The second-order valence-corrected chi connectivity index (χ2v) is 7.34. The number of amides is 2. The molecule has 0 fully saturated rings. The molecule has 1 heterocycles. The summed E-state index contributed by atoms with van der Waals surface area (Å²) < 4.78 is 4.67. The summed E-state index contributed by atoms with van der Waals surface area (Å²) in [5.74, 6) is 0.332. The highest BCUT2D eigenvalue weighted by Gasteiger charge is 2.29. The van der Waals surface area contributed by atoms with E-state index in [1.165, 1.54) is 7.11 Å². The van der Waals surface area contributed by atoms with E-state index < -0.39 is 12.1 Å². The van der Waals surface area contributed by atoms with Crippen LogP contribution >= 0.6 is 0 Å². The maximum Gasteiger partial charge on any atom is 0.407 e. The summed E-state index contributed by atoms with van der Waals surface area (Å²) in [6.07, 6.45) is 2.90. The van der Waals surface area contributed by atoms with E-state index in [0.29, 0.717) is 18.9 Å². The summed E-state index contributed by atoms with van der Waals surface area (Å²) in [7, 11) is 1.28. The molecule has 1 aliphatic heterocycles. The van der Waals surface area contributed by atoms with E-state index >= 15 is 0 Å². The molecule has 1 atom stereocenters. The van der Waals surface area contributed by atoms with Gasteiger partial charge in [-0.1, -0.05) is 58.0 Å². The molecule has 29 heavy (non-hydrogen) atoms. The largest absolute Gasteiger partial charge is 0.453 e. The van der Waals surface area contributed by atoms with Gasteiger partial charge in [0.25, 0.3) is 0 Å². The predicted molar refractivity (Wildman–Crippen MR) is 116 cm³/mol. The molecule has 0 bridgehead atoms. The number of alkyl carbamates (subject to hydrolysis) is 1. The zero-order valence-corrected chi connectivity index (χ0v) is 17.6. The molecule has 0 radical (unpaired) electrons. The SMILES string of the molecule is C=c1ccc(=C2C=NC(CN(CCCC)C(=O)C(NC(=O)OC)C(C)C)=N2)cc1. The third-order valence-corrected chi connectivity index (χ3v) is 4.65. The molecule has 7 heteroatoms. The van der Waals surface area contributed by atoms with E-state index in [1.807, 2.05) is 38.1 Å². The average Bonchev–Trinajstić information content (AvgIpc) is 3.17. The minimum absolute atomic E-state index is 0.0805. The number of carbonyl (C=O) groups excluding carboxylic acids is 2. The van der Waals surface area contributed by atoms with Crippen molar-refractivity contribution in [3.05, 3.63) is 34.7 Å². The van der Waals surface area contributed by atoms with E-state index in [4.69, 9.17) is 0 Å². The summed E-state index contributed by atoms with van der Waals surface area (Å²) in [6, 6.07) is 7.08. The topological polar surface area (TPSA) is 83.4 Å². The molecule has 0 spiro atoms. The second kappa shape index (κ2) is 10.5. The molecule has 156 valence electrons. The molecule has 1 unspecified atom stereocenters. The Bertz CT molecular complexity index is 882. The molecule has 1 aromatic rings. The van der Waals surface area contributed by atoms with Gasteiger partial charge in [-0.05, 0) is 17.6 Å². The van der Waals surface area contributed by atoms with Gasteiger partial charge in [-0.3, -0.25) is 4.79 Å². The monoisotopic (exact) mass is 398 g/mol. The van der Waals surface area contributed by atoms with Crippen LogP contribution in [0.2, 0.25) is 0 Å². The molecule has 1 aliphatic rings. The zero-order chi connectivity index (χ0) is 21.4. The summed E-state index contributed by atoms with van der Waals surface area (Å²) in [6.45, 7) is 10.6. The minimum atomic E-state index is -0.668. The summed E-state index contributed by atoms with van der Waals surface area (Å²) in [4.78, 5) is 35.5. The Hall–Kier alpha value is -2.96. The molecule has 0 aliphatic carbocycles. The lowest BCUT2D eigenvalue weighted by Gasteiger charge is -2.29. The highest BCUT2D eigenvalue weighted by molar-refractivity contribution is 6.16. The van der Waals surface area contributed by atoms with Crippen LogP contribution in [-0.4, -0.2) is 55.2 Å². The average molecular weight is 399 g/mol. The molecular formula is C22H30N4O3. The molecule has 0 saturated heterocycles. The smallest absolute Gasteiger partial charge is 0.407 e. The number of aliphatic imine (C=N–C) groups is 2. The van der Waals surface area contributed by atoms with Gasteiger partial charge in [-0.2, -0.15) is 0 Å². The van der Waals surface area contributed by atoms with Crippen molar-refractivity contribution in [2.45, 2.75) is 39.7 Å². The van der Waals surface area contributed by atoms with E-state index in [1.54, 1.807) is 11.1 Å². The number of nitrogens with one attached hydrogen (secondary N) is 1. The lowest BCUT2D eigenvalue weighted by molar-refractivity contribution is -0.133. The minimum Gasteiger partial charge on any atom is -0.453 e. The first kappa shape index (κ1) is 22.3. The summed E-state index contributed by atoms with van der Waals surface area (Å²) >= 11 is 0. The first-order valence-corrected chi connectivity index (χ1v) is 9.90. The normalized spacial score (nSPS) is 14.0. The van der Waals surface area contributed by atoms with Crippen LogP contribution in [0, 0.1) is 5.92 Å². The number of methoxy groups -OCH3 is 1. The van der Waals surface area contributed by atoms with Crippen molar-refractivity contribution in [3.8, 4) is 0 Å². The summed E-state index contributed by atoms with van der Waals surface area (Å²) in [5, 5.41) is 4.53. The first-order chi connectivity index (χ1) is 13.8. The van der Waals surface area contributed by atoms with Gasteiger partial charge in [-0.15, -0.1) is 0 Å². The lowest BCUT2D eigenvalue weighted by Crippen LogP contribution is -2.52. The van der Waals surface area contributed by atoms with E-state index in [9.17, 15) is 9.59 Å². The molecule has 2 rings (SSSR count). The Balaban J connectivity index is 2.23. The Kier molecular flexibility index (Phi) is 8.12. The number of ether oxygens (including phenoxy) is 1. The lowest BCUT2D eigenvalue weighted by atomic mass is 10.0. The van der Waals surface area contributed by atoms with Crippen LogP contribution in [0.4, 0.5) is 4.79 Å². The molecule has 1 N–H and O–H groups in total. The van der Waals surface area contributed by atoms with Crippen LogP contribution in [-0.2, 0) is 9.53 Å². The molecule has 0 aromatic heterocycles. The molecule has 1 aromatic carbocycles. The van der Waals surface area contributed by atoms with Crippen molar-refractivity contribution < 1.29 is 14.3 Å². The van der Waals surface area contributed by atoms with E-state index in [-0.39, 0.29) is 11.8 Å². The molecule has 0 saturated carbocycles. The van der Waals surface area contributed by atoms with E-state index in [0.717, 1.165) is 29.0 Å². The number of carbonyl (C=O) groups is 2. The fourth-order valence-electron chi connectivity index (χ4n) is 2.91. The Morgan fingerprint density at radius 3 is 2.52 bits per heavy atom. The Labute approximate surface area is 171 Å². The van der Waals surface area contributed by atoms with Crippen molar-refractivity contribution >= 4 is 36.3 Å². The van der Waals surface area contributed by atoms with Gasteiger partial charge in [0.15, 0.2) is 0 Å².